The van der Waals surface area contributed by atoms with Crippen molar-refractivity contribution in [2.75, 3.05) is 32.7 Å². The number of nitrogens with two attached hydrogens (primary N) is 1. The zero-order chi connectivity index (χ0) is 18.8. The summed E-state index contributed by atoms with van der Waals surface area (Å²) in [7, 11) is 1.61. The minimum absolute atomic E-state index is 0.0519. The number of carbonyl (C=O) groups excluding carboxylic acids is 1. The van der Waals surface area contributed by atoms with E-state index in [1.54, 1.807) is 11.7 Å². The summed E-state index contributed by atoms with van der Waals surface area (Å²) in [6.07, 6.45) is 1.82. The molecule has 27 heavy (non-hydrogen) atoms. The van der Waals surface area contributed by atoms with Crippen LogP contribution < -0.4 is 5.73 Å². The lowest BCUT2D eigenvalue weighted by Crippen LogP contribution is -2.19. The van der Waals surface area contributed by atoms with E-state index in [1.165, 1.54) is 0 Å². The van der Waals surface area contributed by atoms with Crippen molar-refractivity contribution >= 4 is 34.0 Å². The molecule has 1 aliphatic rings. The number of rotatable bonds is 6. The molecule has 0 saturated carbocycles. The number of nitrogens with zero attached hydrogens (tertiary/aromatic N) is 3. The molecule has 8 nitrogen and oxygen atoms in total. The highest BCUT2D eigenvalue weighted by Gasteiger charge is 2.26. The maximum absolute atomic E-state index is 12.8. The molecular weight excluding hydrogens is 348 g/mol. The van der Waals surface area contributed by atoms with Crippen molar-refractivity contribution in [2.45, 2.75) is 25.5 Å². The quantitative estimate of drug-likeness (QED) is 0.663. The van der Waals surface area contributed by atoms with E-state index < -0.39 is 5.97 Å². The Labute approximate surface area is 156 Å². The van der Waals surface area contributed by atoms with Crippen LogP contribution in [-0.4, -0.2) is 53.5 Å². The average Bonchev–Trinajstić information content (AvgIpc) is 3.29. The Balaban J connectivity index is 1.76. The Morgan fingerprint density at radius 1 is 1.33 bits per heavy atom. The molecule has 0 spiro atoms. The number of methoxy groups -OCH3 is 1. The molecule has 2 N–H and O–H groups in total. The number of esters is 1. The van der Waals surface area contributed by atoms with Gasteiger partial charge in [0.2, 0.25) is 0 Å². The topological polar surface area (TPSA) is 101 Å². The number of benzene rings is 1. The second kappa shape index (κ2) is 7.50. The Morgan fingerprint density at radius 3 is 2.81 bits per heavy atom. The molecule has 1 fully saturated rings. The summed E-state index contributed by atoms with van der Waals surface area (Å²) in [5, 5.41) is 0. The van der Waals surface area contributed by atoms with E-state index >= 15 is 0 Å². The van der Waals surface area contributed by atoms with Crippen molar-refractivity contribution in [2.24, 2.45) is 0 Å². The molecule has 1 aromatic carbocycles. The van der Waals surface area contributed by atoms with Crippen molar-refractivity contribution in [3.63, 3.8) is 0 Å². The van der Waals surface area contributed by atoms with Gasteiger partial charge in [-0.2, -0.15) is 0 Å². The summed E-state index contributed by atoms with van der Waals surface area (Å²) < 4.78 is 17.9. The van der Waals surface area contributed by atoms with Crippen LogP contribution in [-0.2, 0) is 20.8 Å². The summed E-state index contributed by atoms with van der Waals surface area (Å²) in [6.45, 7) is 1.82. The van der Waals surface area contributed by atoms with Gasteiger partial charge in [-0.25, -0.2) is 14.8 Å². The van der Waals surface area contributed by atoms with E-state index in [9.17, 15) is 4.79 Å². The summed E-state index contributed by atoms with van der Waals surface area (Å²) >= 11 is 0. The molecule has 8 heteroatoms. The van der Waals surface area contributed by atoms with Crippen LogP contribution in [0.25, 0.3) is 22.2 Å². The molecule has 3 aromatic rings. The van der Waals surface area contributed by atoms with Gasteiger partial charge in [0.25, 0.3) is 0 Å². The third-order valence-corrected chi connectivity index (χ3v) is 4.74. The summed E-state index contributed by atoms with van der Waals surface area (Å²) in [5.41, 5.74) is 8.97. The number of hydrogen-bond acceptors (Lipinski definition) is 7. The van der Waals surface area contributed by atoms with Crippen LogP contribution in [0, 0.1) is 0 Å². The second-order valence-corrected chi connectivity index (χ2v) is 6.52. The fourth-order valence-corrected chi connectivity index (χ4v) is 3.34. The van der Waals surface area contributed by atoms with Gasteiger partial charge in [0.1, 0.15) is 23.5 Å². The molecule has 1 saturated heterocycles. The summed E-state index contributed by atoms with van der Waals surface area (Å²) in [6, 6.07) is 7.50. The Kier molecular flexibility index (Phi) is 4.91. The predicted octanol–water partition coefficient (Wildman–Crippen LogP) is 2.15. The first-order valence-corrected chi connectivity index (χ1v) is 9.01. The lowest BCUT2D eigenvalue weighted by Gasteiger charge is -2.10. The van der Waals surface area contributed by atoms with Crippen molar-refractivity contribution in [3.8, 4) is 0 Å². The molecule has 1 unspecified atom stereocenters. The third kappa shape index (κ3) is 3.33. The minimum Gasteiger partial charge on any atom is -0.459 e. The van der Waals surface area contributed by atoms with E-state index in [0.717, 1.165) is 18.4 Å². The number of para-hydroxylation sites is 2. The van der Waals surface area contributed by atoms with E-state index in [0.29, 0.717) is 36.4 Å². The predicted molar refractivity (Wildman–Crippen MR) is 101 cm³/mol. The lowest BCUT2D eigenvalue weighted by atomic mass is 10.2. The second-order valence-electron chi connectivity index (χ2n) is 6.52. The first-order chi connectivity index (χ1) is 13.2. The van der Waals surface area contributed by atoms with Gasteiger partial charge in [-0.05, 0) is 25.0 Å². The van der Waals surface area contributed by atoms with Gasteiger partial charge in [0.15, 0.2) is 5.65 Å². The van der Waals surface area contributed by atoms with Gasteiger partial charge in [-0.3, -0.25) is 0 Å². The number of ether oxygens (including phenoxy) is 3. The van der Waals surface area contributed by atoms with Crippen LogP contribution >= 0.6 is 0 Å². The van der Waals surface area contributed by atoms with Crippen LogP contribution in [0.15, 0.2) is 24.3 Å². The Hall–Kier alpha value is -2.71. The molecule has 2 aromatic heterocycles. The smallest absolute Gasteiger partial charge is 0.344 e. The molecule has 1 aliphatic heterocycles. The Morgan fingerprint density at radius 2 is 2.11 bits per heavy atom. The number of fused-ring (bicyclic) bond motifs is 2. The highest BCUT2D eigenvalue weighted by atomic mass is 16.6. The fourth-order valence-electron chi connectivity index (χ4n) is 3.34. The van der Waals surface area contributed by atoms with Gasteiger partial charge in [0.05, 0.1) is 23.7 Å². The highest BCUT2D eigenvalue weighted by Crippen LogP contribution is 2.28. The highest BCUT2D eigenvalue weighted by molar-refractivity contribution is 6.08. The minimum atomic E-state index is -0.506. The average molecular weight is 370 g/mol. The molecule has 142 valence electrons. The number of carbonyl (C=O) groups is 1. The maximum atomic E-state index is 12.8. The molecule has 0 bridgehead atoms. The van der Waals surface area contributed by atoms with Crippen molar-refractivity contribution < 1.29 is 19.0 Å². The number of anilines is 1. The van der Waals surface area contributed by atoms with Crippen molar-refractivity contribution in [1.82, 2.24) is 14.5 Å². The molecule has 0 amide bonds. The zero-order valence-electron chi connectivity index (χ0n) is 15.2. The van der Waals surface area contributed by atoms with E-state index in [2.05, 4.69) is 9.97 Å². The van der Waals surface area contributed by atoms with Gasteiger partial charge in [-0.1, -0.05) is 12.1 Å². The molecule has 1 atom stereocenters. The lowest BCUT2D eigenvalue weighted by molar-refractivity contribution is 0.0163. The van der Waals surface area contributed by atoms with E-state index in [1.807, 2.05) is 24.3 Å². The Bertz CT molecular complexity index is 979. The fraction of sp³-hybridized carbons (Fsp3) is 0.421. The van der Waals surface area contributed by atoms with Gasteiger partial charge < -0.3 is 24.5 Å². The molecular formula is C19H22N4O4. The zero-order valence-corrected chi connectivity index (χ0v) is 15.2. The van der Waals surface area contributed by atoms with Crippen molar-refractivity contribution in [3.05, 3.63) is 29.8 Å². The molecule has 0 radical (unpaired) electrons. The third-order valence-electron chi connectivity index (χ3n) is 4.74. The normalized spacial score (nSPS) is 17.0. The van der Waals surface area contributed by atoms with Crippen LogP contribution in [0.5, 0.6) is 0 Å². The van der Waals surface area contributed by atoms with Crippen LogP contribution in [0.1, 0.15) is 23.2 Å². The summed E-state index contributed by atoms with van der Waals surface area (Å²) in [5.74, 6) is -0.219. The van der Waals surface area contributed by atoms with Crippen LogP contribution in [0.3, 0.4) is 0 Å². The van der Waals surface area contributed by atoms with Gasteiger partial charge in [0, 0.05) is 20.3 Å². The number of aromatic nitrogens is 3. The van der Waals surface area contributed by atoms with Gasteiger partial charge >= 0.3 is 5.97 Å². The monoisotopic (exact) mass is 370 g/mol. The first-order valence-electron chi connectivity index (χ1n) is 9.01. The maximum Gasteiger partial charge on any atom is 0.344 e. The first kappa shape index (κ1) is 17.7. The molecule has 0 aliphatic carbocycles. The SMILES string of the molecule is COCCn1c(N)c(C(=O)OCC2CCCO2)c2nc3ccccc3nc21. The summed E-state index contributed by atoms with van der Waals surface area (Å²) in [4.78, 5) is 22.1. The molecule has 3 heterocycles. The van der Waals surface area contributed by atoms with E-state index in [-0.39, 0.29) is 24.1 Å². The largest absolute Gasteiger partial charge is 0.459 e. The van der Waals surface area contributed by atoms with E-state index in [4.69, 9.17) is 19.9 Å². The molecule has 4 rings (SSSR count). The van der Waals surface area contributed by atoms with Gasteiger partial charge in [-0.15, -0.1) is 0 Å². The standard InChI is InChI=1S/C19H22N4O4/c1-25-10-8-23-17(20)15(19(24)27-11-12-5-4-9-26-12)16-18(23)22-14-7-3-2-6-13(14)21-16/h2-3,6-7,12H,4-5,8-11,20H2,1H3. The van der Waals surface area contributed by atoms with Crippen LogP contribution in [0.4, 0.5) is 5.82 Å². The van der Waals surface area contributed by atoms with Crippen LogP contribution in [0.2, 0.25) is 0 Å². The number of nitrogen functional groups attached to an aromatic ring is 1. The van der Waals surface area contributed by atoms with Crippen molar-refractivity contribution in [1.29, 1.82) is 0 Å². The number of hydrogen-bond donors (Lipinski definition) is 1.